The van der Waals surface area contributed by atoms with Crippen molar-refractivity contribution in [2.24, 2.45) is 0 Å². The molecule has 3 nitrogen and oxygen atoms in total. The molecule has 0 saturated carbocycles. The molecule has 1 aromatic heterocycles. The molecule has 0 aliphatic rings. The summed E-state index contributed by atoms with van der Waals surface area (Å²) >= 11 is 5.90. The number of hydrogen-bond acceptors (Lipinski definition) is 3. The minimum atomic E-state index is -4.44. The molecule has 3 aromatic rings. The lowest BCUT2D eigenvalue weighted by molar-refractivity contribution is -0.137. The first-order chi connectivity index (χ1) is 11.9. The summed E-state index contributed by atoms with van der Waals surface area (Å²) in [7, 11) is 0. The molecule has 0 aliphatic carbocycles. The van der Waals surface area contributed by atoms with Crippen molar-refractivity contribution in [2.45, 2.75) is 12.6 Å². The Bertz CT molecular complexity index is 960. The largest absolute Gasteiger partial charge is 0.436 e. The Kier molecular flexibility index (Phi) is 4.63. The second-order valence-corrected chi connectivity index (χ2v) is 5.73. The molecular formula is C18H11ClF3NO2. The quantitative estimate of drug-likeness (QED) is 0.563. The molecular weight excluding hydrogens is 355 g/mol. The normalized spacial score (nSPS) is 12.6. The Morgan fingerprint density at radius 3 is 2.72 bits per heavy atom. The number of benzene rings is 2. The van der Waals surface area contributed by atoms with Crippen molar-refractivity contribution in [3.05, 3.63) is 64.5 Å². The van der Waals surface area contributed by atoms with E-state index in [-0.39, 0.29) is 12.3 Å². The molecule has 0 amide bonds. The van der Waals surface area contributed by atoms with E-state index >= 15 is 0 Å². The van der Waals surface area contributed by atoms with Gasteiger partial charge < -0.3 is 9.21 Å². The van der Waals surface area contributed by atoms with E-state index in [1.165, 1.54) is 18.2 Å². The molecule has 1 heterocycles. The van der Waals surface area contributed by atoms with Crippen LogP contribution >= 0.6 is 11.6 Å². The van der Waals surface area contributed by atoms with Gasteiger partial charge in [0.15, 0.2) is 5.58 Å². The third kappa shape index (κ3) is 3.91. The molecule has 3 rings (SSSR count). The summed E-state index contributed by atoms with van der Waals surface area (Å²) in [5.74, 6) is 0.168. The van der Waals surface area contributed by atoms with Crippen LogP contribution in [0.1, 0.15) is 23.4 Å². The first-order valence-electron chi connectivity index (χ1n) is 7.25. The molecule has 2 aromatic carbocycles. The summed E-state index contributed by atoms with van der Waals surface area (Å²) in [6.07, 6.45) is -2.39. The van der Waals surface area contributed by atoms with Crippen LogP contribution in [0.25, 0.3) is 22.7 Å². The van der Waals surface area contributed by atoms with Gasteiger partial charge in [0.25, 0.3) is 0 Å². The summed E-state index contributed by atoms with van der Waals surface area (Å²) in [6.45, 7) is 0. The highest BCUT2D eigenvalue weighted by atomic mass is 35.5. The summed E-state index contributed by atoms with van der Waals surface area (Å²) in [4.78, 5) is 15.2. The predicted octanol–water partition coefficient (Wildman–Crippen LogP) is 5.63. The van der Waals surface area contributed by atoms with Crippen molar-refractivity contribution < 1.29 is 22.4 Å². The number of alkyl halides is 3. The smallest absolute Gasteiger partial charge is 0.416 e. The van der Waals surface area contributed by atoms with Gasteiger partial charge in [0.05, 0.1) is 5.56 Å². The van der Waals surface area contributed by atoms with E-state index in [0.717, 1.165) is 12.1 Å². The van der Waals surface area contributed by atoms with E-state index in [4.69, 9.17) is 16.0 Å². The van der Waals surface area contributed by atoms with Crippen LogP contribution in [0.5, 0.6) is 0 Å². The summed E-state index contributed by atoms with van der Waals surface area (Å²) in [6, 6.07) is 9.68. The van der Waals surface area contributed by atoms with Crippen molar-refractivity contribution >= 4 is 40.6 Å². The number of allylic oxidation sites excluding steroid dienone is 1. The maximum atomic E-state index is 12.8. The standard InChI is InChI=1S/C18H11ClF3NO2/c19-14-4-5-16-15(10-14)23-17(25-16)12(6-7-24)8-11-2-1-3-13(9-11)18(20,21)22/h1-5,7-10H,6H2. The second-order valence-electron chi connectivity index (χ2n) is 5.29. The van der Waals surface area contributed by atoms with Gasteiger partial charge in [0.1, 0.15) is 11.8 Å². The Balaban J connectivity index is 2.05. The number of aldehydes is 1. The van der Waals surface area contributed by atoms with Gasteiger partial charge in [-0.15, -0.1) is 0 Å². The average Bonchev–Trinajstić information content (AvgIpc) is 2.97. The van der Waals surface area contributed by atoms with Crippen LogP contribution in [0.3, 0.4) is 0 Å². The molecule has 0 N–H and O–H groups in total. The van der Waals surface area contributed by atoms with Gasteiger partial charge in [-0.05, 0) is 42.0 Å². The van der Waals surface area contributed by atoms with Gasteiger partial charge in [-0.2, -0.15) is 13.2 Å². The molecule has 0 aliphatic heterocycles. The van der Waals surface area contributed by atoms with Gasteiger partial charge >= 0.3 is 6.18 Å². The maximum Gasteiger partial charge on any atom is 0.416 e. The van der Waals surface area contributed by atoms with Crippen LogP contribution in [0, 0.1) is 0 Å². The van der Waals surface area contributed by atoms with E-state index in [2.05, 4.69) is 4.98 Å². The van der Waals surface area contributed by atoms with Crippen LogP contribution < -0.4 is 0 Å². The zero-order chi connectivity index (χ0) is 18.0. The fourth-order valence-corrected chi connectivity index (χ4v) is 2.51. The lowest BCUT2D eigenvalue weighted by Gasteiger charge is -2.07. The van der Waals surface area contributed by atoms with Crippen molar-refractivity contribution in [2.75, 3.05) is 0 Å². The molecule has 0 atom stereocenters. The minimum Gasteiger partial charge on any atom is -0.436 e. The zero-order valence-corrected chi connectivity index (χ0v) is 13.4. The van der Waals surface area contributed by atoms with Crippen molar-refractivity contribution in [3.8, 4) is 0 Å². The number of fused-ring (bicyclic) bond motifs is 1. The maximum absolute atomic E-state index is 12.8. The molecule has 128 valence electrons. The molecule has 0 radical (unpaired) electrons. The van der Waals surface area contributed by atoms with Crippen LogP contribution in [0.15, 0.2) is 46.9 Å². The molecule has 0 unspecified atom stereocenters. The SMILES string of the molecule is O=CCC(=Cc1cccc(C(F)(F)F)c1)c1nc2cc(Cl)ccc2o1. The third-order valence-electron chi connectivity index (χ3n) is 3.48. The fraction of sp³-hybridized carbons (Fsp3) is 0.111. The first-order valence-corrected chi connectivity index (χ1v) is 7.62. The zero-order valence-electron chi connectivity index (χ0n) is 12.7. The lowest BCUT2D eigenvalue weighted by atomic mass is 10.1. The van der Waals surface area contributed by atoms with Gasteiger partial charge in [0, 0.05) is 17.0 Å². The second kappa shape index (κ2) is 6.72. The monoisotopic (exact) mass is 365 g/mol. The summed E-state index contributed by atoms with van der Waals surface area (Å²) in [5, 5.41) is 0.478. The number of nitrogens with zero attached hydrogens (tertiary/aromatic N) is 1. The van der Waals surface area contributed by atoms with E-state index in [1.54, 1.807) is 18.2 Å². The number of rotatable bonds is 4. The Labute approximate surface area is 145 Å². The van der Waals surface area contributed by atoms with E-state index in [0.29, 0.717) is 33.5 Å². The number of aromatic nitrogens is 1. The van der Waals surface area contributed by atoms with Crippen LogP contribution in [0.4, 0.5) is 13.2 Å². The van der Waals surface area contributed by atoms with Gasteiger partial charge in [0.2, 0.25) is 5.89 Å². The first kappa shape index (κ1) is 17.2. The number of halogens is 4. The Morgan fingerprint density at radius 1 is 1.20 bits per heavy atom. The Morgan fingerprint density at radius 2 is 2.00 bits per heavy atom. The van der Waals surface area contributed by atoms with Gasteiger partial charge in [-0.25, -0.2) is 4.98 Å². The molecule has 0 fully saturated rings. The number of carbonyl (C=O) groups excluding carboxylic acids is 1. The lowest BCUT2D eigenvalue weighted by Crippen LogP contribution is -2.04. The predicted molar refractivity (Wildman–Crippen MR) is 89.0 cm³/mol. The van der Waals surface area contributed by atoms with E-state index < -0.39 is 11.7 Å². The fourth-order valence-electron chi connectivity index (χ4n) is 2.34. The van der Waals surface area contributed by atoms with Crippen molar-refractivity contribution in [1.29, 1.82) is 0 Å². The number of carbonyl (C=O) groups is 1. The topological polar surface area (TPSA) is 43.1 Å². The number of hydrogen-bond donors (Lipinski definition) is 0. The highest BCUT2D eigenvalue weighted by Crippen LogP contribution is 2.31. The highest BCUT2D eigenvalue weighted by molar-refractivity contribution is 6.31. The third-order valence-corrected chi connectivity index (χ3v) is 3.72. The summed E-state index contributed by atoms with van der Waals surface area (Å²) < 4.78 is 44.1. The van der Waals surface area contributed by atoms with E-state index in [1.807, 2.05) is 0 Å². The summed E-state index contributed by atoms with van der Waals surface area (Å²) in [5.41, 5.74) is 0.883. The molecule has 7 heteroatoms. The minimum absolute atomic E-state index is 0.0448. The molecule has 0 saturated heterocycles. The van der Waals surface area contributed by atoms with Crippen molar-refractivity contribution in [1.82, 2.24) is 4.98 Å². The average molecular weight is 366 g/mol. The van der Waals surface area contributed by atoms with Gasteiger partial charge in [-0.1, -0.05) is 23.7 Å². The Hall–Kier alpha value is -2.60. The van der Waals surface area contributed by atoms with Crippen molar-refractivity contribution in [3.63, 3.8) is 0 Å². The molecule has 25 heavy (non-hydrogen) atoms. The highest BCUT2D eigenvalue weighted by Gasteiger charge is 2.30. The molecule has 0 bridgehead atoms. The van der Waals surface area contributed by atoms with Crippen LogP contribution in [-0.2, 0) is 11.0 Å². The van der Waals surface area contributed by atoms with Crippen LogP contribution in [0.2, 0.25) is 5.02 Å². The van der Waals surface area contributed by atoms with Gasteiger partial charge in [-0.3, -0.25) is 0 Å². The van der Waals surface area contributed by atoms with Crippen LogP contribution in [-0.4, -0.2) is 11.3 Å². The molecule has 0 spiro atoms. The van der Waals surface area contributed by atoms with E-state index in [9.17, 15) is 18.0 Å². The number of oxazole rings is 1.